The average molecular weight is 303 g/mol. The molecule has 4 rings (SSSR count). The molecule has 4 aromatic rings. The van der Waals surface area contributed by atoms with Crippen LogP contribution >= 0.6 is 0 Å². The molecule has 0 aliphatic rings. The Morgan fingerprint density at radius 2 is 1.91 bits per heavy atom. The van der Waals surface area contributed by atoms with Gasteiger partial charge in [0.15, 0.2) is 0 Å². The normalized spacial score (nSPS) is 10.8. The largest absolute Gasteiger partial charge is 0.320 e. The van der Waals surface area contributed by atoms with Gasteiger partial charge < -0.3 is 5.32 Å². The highest BCUT2D eigenvalue weighted by Gasteiger charge is 2.12. The fourth-order valence-electron chi connectivity index (χ4n) is 2.43. The minimum absolute atomic E-state index is 0.214. The van der Waals surface area contributed by atoms with Gasteiger partial charge in [0, 0.05) is 11.6 Å². The zero-order chi connectivity index (χ0) is 15.6. The third-order valence-corrected chi connectivity index (χ3v) is 3.59. The number of hydrogen-bond acceptors (Lipinski definition) is 3. The number of carbonyl (C=O) groups is 1. The number of amides is 1. The molecule has 0 aliphatic carbocycles. The zero-order valence-electron chi connectivity index (χ0n) is 12.1. The Hall–Kier alpha value is -3.41. The van der Waals surface area contributed by atoms with Gasteiger partial charge >= 0.3 is 0 Å². The van der Waals surface area contributed by atoms with Crippen molar-refractivity contribution in [2.24, 2.45) is 0 Å². The minimum atomic E-state index is -0.214. The van der Waals surface area contributed by atoms with Crippen molar-refractivity contribution in [3.05, 3.63) is 72.7 Å². The summed E-state index contributed by atoms with van der Waals surface area (Å²) in [6, 6.07) is 15.3. The number of H-pyrrole nitrogens is 1. The summed E-state index contributed by atoms with van der Waals surface area (Å²) in [5.74, 6) is -0.214. The van der Waals surface area contributed by atoms with E-state index >= 15 is 0 Å². The second-order valence-electron chi connectivity index (χ2n) is 5.10. The lowest BCUT2D eigenvalue weighted by Gasteiger charge is -2.04. The summed E-state index contributed by atoms with van der Waals surface area (Å²) in [5.41, 5.74) is 2.89. The molecular formula is C17H13N5O. The van der Waals surface area contributed by atoms with Crippen molar-refractivity contribution < 1.29 is 4.79 Å². The van der Waals surface area contributed by atoms with Crippen LogP contribution in [0.5, 0.6) is 0 Å². The van der Waals surface area contributed by atoms with Crippen LogP contribution in [0.15, 0.2) is 67.1 Å². The van der Waals surface area contributed by atoms with Gasteiger partial charge in [-0.15, -0.1) is 0 Å². The first-order chi connectivity index (χ1) is 11.3. The maximum absolute atomic E-state index is 12.4. The molecule has 2 heterocycles. The SMILES string of the molecule is O=C(Nc1cccc2cn[nH]c12)c1cnn(-c2ccccc2)c1. The molecule has 0 saturated carbocycles. The highest BCUT2D eigenvalue weighted by atomic mass is 16.1. The molecule has 6 nitrogen and oxygen atoms in total. The smallest absolute Gasteiger partial charge is 0.258 e. The third-order valence-electron chi connectivity index (χ3n) is 3.59. The fraction of sp³-hybridized carbons (Fsp3) is 0. The first kappa shape index (κ1) is 13.3. The summed E-state index contributed by atoms with van der Waals surface area (Å²) < 4.78 is 1.67. The van der Waals surface area contributed by atoms with Crippen LogP contribution in [0.4, 0.5) is 5.69 Å². The number of nitrogens with one attached hydrogen (secondary N) is 2. The Morgan fingerprint density at radius 3 is 2.78 bits per heavy atom. The molecule has 0 spiro atoms. The van der Waals surface area contributed by atoms with Crippen molar-refractivity contribution in [1.82, 2.24) is 20.0 Å². The van der Waals surface area contributed by atoms with Crippen molar-refractivity contribution >= 4 is 22.5 Å². The summed E-state index contributed by atoms with van der Waals surface area (Å²) in [7, 11) is 0. The second-order valence-corrected chi connectivity index (χ2v) is 5.10. The Morgan fingerprint density at radius 1 is 1.04 bits per heavy atom. The quantitative estimate of drug-likeness (QED) is 0.611. The summed E-state index contributed by atoms with van der Waals surface area (Å²) in [4.78, 5) is 12.4. The third kappa shape index (κ3) is 2.46. The molecule has 6 heteroatoms. The van der Waals surface area contributed by atoms with E-state index in [4.69, 9.17) is 0 Å². The fourth-order valence-corrected chi connectivity index (χ4v) is 2.43. The predicted octanol–water partition coefficient (Wildman–Crippen LogP) is 3.00. The molecule has 1 amide bonds. The number of benzene rings is 2. The number of aromatic nitrogens is 4. The first-order valence-electron chi connectivity index (χ1n) is 7.15. The predicted molar refractivity (Wildman–Crippen MR) is 87.6 cm³/mol. The van der Waals surface area contributed by atoms with E-state index in [1.807, 2.05) is 48.5 Å². The molecule has 2 aromatic heterocycles. The van der Waals surface area contributed by atoms with E-state index in [9.17, 15) is 4.79 Å². The van der Waals surface area contributed by atoms with Crippen LogP contribution in [0.1, 0.15) is 10.4 Å². The number of carbonyl (C=O) groups excluding carboxylic acids is 1. The van der Waals surface area contributed by atoms with E-state index < -0.39 is 0 Å². The van der Waals surface area contributed by atoms with Gasteiger partial charge in [-0.2, -0.15) is 10.2 Å². The van der Waals surface area contributed by atoms with Gasteiger partial charge in [-0.25, -0.2) is 4.68 Å². The van der Waals surface area contributed by atoms with Crippen molar-refractivity contribution in [3.63, 3.8) is 0 Å². The van der Waals surface area contributed by atoms with Crippen LogP contribution in [0.3, 0.4) is 0 Å². The van der Waals surface area contributed by atoms with Gasteiger partial charge in [-0.05, 0) is 18.2 Å². The van der Waals surface area contributed by atoms with Crippen molar-refractivity contribution in [2.45, 2.75) is 0 Å². The number of aromatic amines is 1. The average Bonchev–Trinajstić information content (AvgIpc) is 3.25. The van der Waals surface area contributed by atoms with Crippen LogP contribution in [-0.2, 0) is 0 Å². The second kappa shape index (κ2) is 5.42. The van der Waals surface area contributed by atoms with E-state index in [-0.39, 0.29) is 5.91 Å². The molecule has 112 valence electrons. The Labute approximate surface area is 131 Å². The molecule has 0 fully saturated rings. The number of para-hydroxylation sites is 2. The van der Waals surface area contributed by atoms with Gasteiger partial charge in [-0.3, -0.25) is 9.89 Å². The minimum Gasteiger partial charge on any atom is -0.320 e. The Balaban J connectivity index is 1.60. The van der Waals surface area contributed by atoms with Gasteiger partial charge in [0.1, 0.15) is 0 Å². The highest BCUT2D eigenvalue weighted by molar-refractivity contribution is 6.08. The number of fused-ring (bicyclic) bond motifs is 1. The molecule has 0 radical (unpaired) electrons. The lowest BCUT2D eigenvalue weighted by molar-refractivity contribution is 0.102. The van der Waals surface area contributed by atoms with Crippen molar-refractivity contribution in [2.75, 3.05) is 5.32 Å². The van der Waals surface area contributed by atoms with Gasteiger partial charge in [0.05, 0.1) is 34.8 Å². The van der Waals surface area contributed by atoms with Crippen LogP contribution in [0, 0.1) is 0 Å². The van der Waals surface area contributed by atoms with Gasteiger partial charge in [0.25, 0.3) is 5.91 Å². The summed E-state index contributed by atoms with van der Waals surface area (Å²) in [6.07, 6.45) is 4.98. The standard InChI is InChI=1S/C17H13N5O/c23-17(20-15-8-4-5-12-9-18-21-16(12)15)13-10-19-22(11-13)14-6-2-1-3-7-14/h1-11H,(H,18,21)(H,20,23). The zero-order valence-corrected chi connectivity index (χ0v) is 12.1. The van der Waals surface area contributed by atoms with E-state index in [0.717, 1.165) is 16.6 Å². The number of nitrogens with zero attached hydrogens (tertiary/aromatic N) is 3. The Kier molecular flexibility index (Phi) is 3.12. The molecule has 2 N–H and O–H groups in total. The summed E-state index contributed by atoms with van der Waals surface area (Å²) >= 11 is 0. The lowest BCUT2D eigenvalue weighted by atomic mass is 10.2. The number of rotatable bonds is 3. The molecule has 0 atom stereocenters. The number of hydrogen-bond donors (Lipinski definition) is 2. The van der Waals surface area contributed by atoms with Crippen LogP contribution in [-0.4, -0.2) is 25.9 Å². The maximum Gasteiger partial charge on any atom is 0.258 e. The topological polar surface area (TPSA) is 75.6 Å². The first-order valence-corrected chi connectivity index (χ1v) is 7.15. The van der Waals surface area contributed by atoms with Crippen LogP contribution in [0.2, 0.25) is 0 Å². The molecule has 23 heavy (non-hydrogen) atoms. The van der Waals surface area contributed by atoms with E-state index in [1.165, 1.54) is 0 Å². The van der Waals surface area contributed by atoms with Crippen LogP contribution < -0.4 is 5.32 Å². The summed E-state index contributed by atoms with van der Waals surface area (Å²) in [6.45, 7) is 0. The summed E-state index contributed by atoms with van der Waals surface area (Å²) in [5, 5.41) is 15.0. The van der Waals surface area contributed by atoms with E-state index in [2.05, 4.69) is 20.6 Å². The molecular weight excluding hydrogens is 290 g/mol. The molecule has 0 unspecified atom stereocenters. The molecule has 0 bridgehead atoms. The lowest BCUT2D eigenvalue weighted by Crippen LogP contribution is -2.11. The Bertz CT molecular complexity index is 971. The molecule has 0 saturated heterocycles. The highest BCUT2D eigenvalue weighted by Crippen LogP contribution is 2.21. The monoisotopic (exact) mass is 303 g/mol. The number of anilines is 1. The van der Waals surface area contributed by atoms with E-state index in [1.54, 1.807) is 23.3 Å². The van der Waals surface area contributed by atoms with Crippen LogP contribution in [0.25, 0.3) is 16.6 Å². The maximum atomic E-state index is 12.4. The van der Waals surface area contributed by atoms with E-state index in [0.29, 0.717) is 11.3 Å². The van der Waals surface area contributed by atoms with Gasteiger partial charge in [0.2, 0.25) is 0 Å². The molecule has 2 aromatic carbocycles. The van der Waals surface area contributed by atoms with Crippen molar-refractivity contribution in [3.8, 4) is 5.69 Å². The van der Waals surface area contributed by atoms with Crippen molar-refractivity contribution in [1.29, 1.82) is 0 Å². The van der Waals surface area contributed by atoms with Gasteiger partial charge in [-0.1, -0.05) is 30.3 Å². The molecule has 0 aliphatic heterocycles.